The molecule has 4 aromatic rings. The highest BCUT2D eigenvalue weighted by Crippen LogP contribution is 2.31. The van der Waals surface area contributed by atoms with Crippen LogP contribution in [0.25, 0.3) is 16.9 Å². The zero-order valence-corrected chi connectivity index (χ0v) is 14.3. The molecular formula is C20H13F3N4O. The van der Waals surface area contributed by atoms with E-state index >= 15 is 0 Å². The average molecular weight is 382 g/mol. The monoisotopic (exact) mass is 382 g/mol. The van der Waals surface area contributed by atoms with Crippen LogP contribution in [0.3, 0.4) is 0 Å². The van der Waals surface area contributed by atoms with Crippen molar-refractivity contribution in [2.75, 3.05) is 5.32 Å². The molecule has 140 valence electrons. The summed E-state index contributed by atoms with van der Waals surface area (Å²) in [5.41, 5.74) is 1.31. The molecule has 0 unspecified atom stereocenters. The topological polar surface area (TPSA) is 59.3 Å². The van der Waals surface area contributed by atoms with Gasteiger partial charge in [-0.1, -0.05) is 36.4 Å². The molecule has 0 fully saturated rings. The van der Waals surface area contributed by atoms with Gasteiger partial charge in [0, 0.05) is 17.4 Å². The Hall–Kier alpha value is -3.68. The van der Waals surface area contributed by atoms with E-state index in [4.69, 9.17) is 0 Å². The molecule has 0 aliphatic carbocycles. The molecule has 1 N–H and O–H groups in total. The normalized spacial score (nSPS) is 11.5. The van der Waals surface area contributed by atoms with Crippen LogP contribution in [0.15, 0.2) is 73.1 Å². The summed E-state index contributed by atoms with van der Waals surface area (Å²) < 4.78 is 40.1. The third-order valence-corrected chi connectivity index (χ3v) is 4.16. The predicted octanol–water partition coefficient (Wildman–Crippen LogP) is 4.67. The minimum atomic E-state index is -4.49. The molecule has 0 bridgehead atoms. The van der Waals surface area contributed by atoms with E-state index in [9.17, 15) is 18.0 Å². The van der Waals surface area contributed by atoms with Crippen LogP contribution >= 0.6 is 0 Å². The van der Waals surface area contributed by atoms with Crippen molar-refractivity contribution < 1.29 is 18.0 Å². The number of carbonyl (C=O) groups is 1. The first-order valence-electron chi connectivity index (χ1n) is 8.30. The Morgan fingerprint density at radius 1 is 1.00 bits per heavy atom. The quantitative estimate of drug-likeness (QED) is 0.560. The zero-order chi connectivity index (χ0) is 19.7. The van der Waals surface area contributed by atoms with E-state index in [1.807, 2.05) is 30.3 Å². The van der Waals surface area contributed by atoms with Gasteiger partial charge in [0.2, 0.25) is 0 Å². The largest absolute Gasteiger partial charge is 0.416 e. The number of nitrogens with one attached hydrogen (secondary N) is 1. The smallest absolute Gasteiger partial charge is 0.322 e. The summed E-state index contributed by atoms with van der Waals surface area (Å²) in [6, 6.07) is 15.7. The molecule has 0 aliphatic rings. The second kappa shape index (κ2) is 6.80. The maximum absolute atomic E-state index is 12.9. The first-order valence-corrected chi connectivity index (χ1v) is 8.30. The second-order valence-corrected chi connectivity index (χ2v) is 6.02. The fourth-order valence-electron chi connectivity index (χ4n) is 2.85. The van der Waals surface area contributed by atoms with Crippen LogP contribution in [0.1, 0.15) is 15.9 Å². The highest BCUT2D eigenvalue weighted by molar-refractivity contribution is 6.08. The lowest BCUT2D eigenvalue weighted by Crippen LogP contribution is -2.13. The number of hydrogen-bond acceptors (Lipinski definition) is 3. The summed E-state index contributed by atoms with van der Waals surface area (Å²) >= 11 is 0. The van der Waals surface area contributed by atoms with Crippen LogP contribution < -0.4 is 5.32 Å². The van der Waals surface area contributed by atoms with Gasteiger partial charge >= 0.3 is 6.18 Å². The molecule has 0 saturated heterocycles. The Morgan fingerprint density at radius 3 is 2.54 bits per heavy atom. The van der Waals surface area contributed by atoms with Gasteiger partial charge in [-0.2, -0.15) is 18.3 Å². The molecule has 0 atom stereocenters. The Balaban J connectivity index is 1.68. The van der Waals surface area contributed by atoms with E-state index < -0.39 is 17.6 Å². The summed E-state index contributed by atoms with van der Waals surface area (Å²) in [6.45, 7) is 0. The summed E-state index contributed by atoms with van der Waals surface area (Å²) in [6.07, 6.45) is -1.59. The first-order chi connectivity index (χ1) is 13.4. The van der Waals surface area contributed by atoms with Crippen molar-refractivity contribution in [1.82, 2.24) is 14.6 Å². The number of halogens is 3. The van der Waals surface area contributed by atoms with E-state index in [1.54, 1.807) is 12.3 Å². The fourth-order valence-corrected chi connectivity index (χ4v) is 2.85. The van der Waals surface area contributed by atoms with Gasteiger partial charge in [-0.15, -0.1) is 0 Å². The molecule has 2 heterocycles. The van der Waals surface area contributed by atoms with Gasteiger partial charge in [-0.05, 0) is 24.3 Å². The lowest BCUT2D eigenvalue weighted by Gasteiger charge is -2.09. The Bertz CT molecular complexity index is 1150. The number of aromatic nitrogens is 3. The van der Waals surface area contributed by atoms with Gasteiger partial charge in [-0.25, -0.2) is 9.50 Å². The highest BCUT2D eigenvalue weighted by atomic mass is 19.4. The first kappa shape index (κ1) is 17.7. The molecule has 8 heteroatoms. The van der Waals surface area contributed by atoms with Crippen molar-refractivity contribution in [3.8, 4) is 11.3 Å². The minimum Gasteiger partial charge on any atom is -0.322 e. The summed E-state index contributed by atoms with van der Waals surface area (Å²) in [5.74, 6) is -0.591. The molecular weight excluding hydrogens is 369 g/mol. The molecule has 2 aromatic heterocycles. The van der Waals surface area contributed by atoms with Crippen molar-refractivity contribution in [2.24, 2.45) is 0 Å². The third kappa shape index (κ3) is 3.32. The standard InChI is InChI=1S/C20H13F3N4O/c21-20(22,23)14-7-4-8-15(11-14)26-19(28)16-12-25-27-17(9-10-24-18(16)27)13-5-2-1-3-6-13/h1-12H,(H,26,28). The molecule has 0 radical (unpaired) electrons. The number of carbonyl (C=O) groups excluding carboxylic acids is 1. The highest BCUT2D eigenvalue weighted by Gasteiger charge is 2.30. The maximum Gasteiger partial charge on any atom is 0.416 e. The number of nitrogens with zero attached hydrogens (tertiary/aromatic N) is 3. The Morgan fingerprint density at radius 2 is 1.79 bits per heavy atom. The van der Waals surface area contributed by atoms with E-state index in [1.165, 1.54) is 22.8 Å². The van der Waals surface area contributed by atoms with Gasteiger partial charge in [0.15, 0.2) is 5.65 Å². The van der Waals surface area contributed by atoms with Crippen molar-refractivity contribution in [3.63, 3.8) is 0 Å². The maximum atomic E-state index is 12.9. The number of fused-ring (bicyclic) bond motifs is 1. The molecule has 0 spiro atoms. The van der Waals surface area contributed by atoms with Gasteiger partial charge in [0.25, 0.3) is 5.91 Å². The third-order valence-electron chi connectivity index (χ3n) is 4.16. The van der Waals surface area contributed by atoms with Crippen LogP contribution in [0.2, 0.25) is 0 Å². The average Bonchev–Trinajstić information content (AvgIpc) is 3.12. The van der Waals surface area contributed by atoms with E-state index in [-0.39, 0.29) is 11.3 Å². The molecule has 1 amide bonds. The SMILES string of the molecule is O=C(Nc1cccc(C(F)(F)F)c1)c1cnn2c(-c3ccccc3)ccnc12. The van der Waals surface area contributed by atoms with Gasteiger partial charge in [-0.3, -0.25) is 4.79 Å². The Labute approximate surface area is 157 Å². The number of anilines is 1. The van der Waals surface area contributed by atoms with E-state index in [0.717, 1.165) is 23.4 Å². The lowest BCUT2D eigenvalue weighted by molar-refractivity contribution is -0.137. The molecule has 2 aromatic carbocycles. The van der Waals surface area contributed by atoms with Crippen LogP contribution in [-0.2, 0) is 6.18 Å². The van der Waals surface area contributed by atoms with Crippen molar-refractivity contribution in [1.29, 1.82) is 0 Å². The van der Waals surface area contributed by atoms with E-state index in [2.05, 4.69) is 15.4 Å². The van der Waals surface area contributed by atoms with Gasteiger partial charge in [0.05, 0.1) is 17.5 Å². The minimum absolute atomic E-state index is 0.0402. The Kier molecular flexibility index (Phi) is 4.31. The fraction of sp³-hybridized carbons (Fsp3) is 0.0500. The molecule has 28 heavy (non-hydrogen) atoms. The van der Waals surface area contributed by atoms with Crippen molar-refractivity contribution in [2.45, 2.75) is 6.18 Å². The number of amides is 1. The molecule has 4 rings (SSSR count). The second-order valence-electron chi connectivity index (χ2n) is 6.02. The number of rotatable bonds is 3. The molecule has 5 nitrogen and oxygen atoms in total. The van der Waals surface area contributed by atoms with E-state index in [0.29, 0.717) is 5.65 Å². The lowest BCUT2D eigenvalue weighted by atomic mass is 10.1. The van der Waals surface area contributed by atoms with Crippen molar-refractivity contribution >= 4 is 17.2 Å². The van der Waals surface area contributed by atoms with Crippen LogP contribution in [0.5, 0.6) is 0 Å². The summed E-state index contributed by atoms with van der Waals surface area (Å²) in [7, 11) is 0. The van der Waals surface area contributed by atoms with Gasteiger partial charge < -0.3 is 5.32 Å². The van der Waals surface area contributed by atoms with Gasteiger partial charge in [0.1, 0.15) is 5.56 Å². The van der Waals surface area contributed by atoms with Crippen molar-refractivity contribution in [3.05, 3.63) is 84.2 Å². The predicted molar refractivity (Wildman–Crippen MR) is 97.8 cm³/mol. The zero-order valence-electron chi connectivity index (χ0n) is 14.3. The van der Waals surface area contributed by atoms with Crippen LogP contribution in [0.4, 0.5) is 18.9 Å². The summed E-state index contributed by atoms with van der Waals surface area (Å²) in [4.78, 5) is 16.8. The van der Waals surface area contributed by atoms with Crippen LogP contribution in [-0.4, -0.2) is 20.5 Å². The van der Waals surface area contributed by atoms with Crippen LogP contribution in [0, 0.1) is 0 Å². The summed E-state index contributed by atoms with van der Waals surface area (Å²) in [5, 5.41) is 6.70. The molecule has 0 saturated carbocycles. The number of benzene rings is 2. The molecule has 0 aliphatic heterocycles. The number of hydrogen-bond donors (Lipinski definition) is 1. The number of alkyl halides is 3.